The Bertz CT molecular complexity index is 787. The van der Waals surface area contributed by atoms with Crippen LogP contribution in [0.3, 0.4) is 0 Å². The van der Waals surface area contributed by atoms with Crippen LogP contribution in [0.25, 0.3) is 11.1 Å². The average Bonchev–Trinajstić information content (AvgIpc) is 2.63. The molecule has 1 aliphatic rings. The first-order chi connectivity index (χ1) is 12.0. The minimum absolute atomic E-state index is 0. The lowest BCUT2D eigenvalue weighted by molar-refractivity contribution is 0.0322. The van der Waals surface area contributed by atoms with Crippen molar-refractivity contribution in [2.24, 2.45) is 0 Å². The Morgan fingerprint density at radius 1 is 0.962 bits per heavy atom. The molecule has 8 heteroatoms. The van der Waals surface area contributed by atoms with Crippen LogP contribution >= 0.6 is 12.4 Å². The molecule has 1 fully saturated rings. The van der Waals surface area contributed by atoms with Crippen LogP contribution < -0.4 is 4.74 Å². The molecule has 1 heterocycles. The molecular formula is C18H22ClNO5S. The fourth-order valence-corrected chi connectivity index (χ4v) is 3.16. The van der Waals surface area contributed by atoms with E-state index in [-0.39, 0.29) is 17.3 Å². The van der Waals surface area contributed by atoms with Crippen LogP contribution in [-0.2, 0) is 14.9 Å². The van der Waals surface area contributed by atoms with Crippen molar-refractivity contribution in [3.63, 3.8) is 0 Å². The maximum atomic E-state index is 11.1. The third-order valence-corrected chi connectivity index (χ3v) is 4.99. The van der Waals surface area contributed by atoms with Crippen molar-refractivity contribution in [3.8, 4) is 16.9 Å². The first kappa shape index (κ1) is 20.7. The fourth-order valence-electron chi connectivity index (χ4n) is 2.68. The monoisotopic (exact) mass is 399 g/mol. The Balaban J connectivity index is 0.00000243. The van der Waals surface area contributed by atoms with Crippen LogP contribution in [0.2, 0.25) is 0 Å². The van der Waals surface area contributed by atoms with E-state index in [1.54, 1.807) is 12.1 Å². The summed E-state index contributed by atoms with van der Waals surface area (Å²) >= 11 is 0. The molecule has 0 aliphatic carbocycles. The van der Waals surface area contributed by atoms with Crippen molar-refractivity contribution in [2.45, 2.75) is 4.90 Å². The number of ether oxygens (including phenoxy) is 2. The van der Waals surface area contributed by atoms with Crippen LogP contribution in [0.5, 0.6) is 5.75 Å². The molecule has 1 aliphatic heterocycles. The van der Waals surface area contributed by atoms with Crippen molar-refractivity contribution >= 4 is 22.5 Å². The predicted molar refractivity (Wildman–Crippen MR) is 102 cm³/mol. The van der Waals surface area contributed by atoms with Gasteiger partial charge in [-0.25, -0.2) is 0 Å². The van der Waals surface area contributed by atoms with Gasteiger partial charge in [-0.05, 0) is 35.4 Å². The van der Waals surface area contributed by atoms with Gasteiger partial charge in [-0.2, -0.15) is 8.42 Å². The van der Waals surface area contributed by atoms with Gasteiger partial charge in [-0.3, -0.25) is 9.45 Å². The Hall–Kier alpha value is -1.64. The molecule has 0 aromatic heterocycles. The second-order valence-electron chi connectivity index (χ2n) is 5.83. The van der Waals surface area contributed by atoms with Crippen molar-refractivity contribution in [1.82, 2.24) is 4.90 Å². The highest BCUT2D eigenvalue weighted by Crippen LogP contribution is 2.23. The van der Waals surface area contributed by atoms with Gasteiger partial charge in [-0.1, -0.05) is 24.3 Å². The van der Waals surface area contributed by atoms with E-state index in [0.29, 0.717) is 6.61 Å². The Morgan fingerprint density at radius 2 is 1.50 bits per heavy atom. The normalized spacial score (nSPS) is 15.3. The van der Waals surface area contributed by atoms with Gasteiger partial charge < -0.3 is 9.47 Å². The third kappa shape index (κ3) is 5.69. The Morgan fingerprint density at radius 3 is 2.04 bits per heavy atom. The first-order valence-electron chi connectivity index (χ1n) is 8.13. The SMILES string of the molecule is Cl.O=S(=O)(O)c1ccc(-c2ccc(OCCN3CCOCC3)cc2)cc1. The molecule has 0 unspecified atom stereocenters. The lowest BCUT2D eigenvalue weighted by atomic mass is 10.1. The highest BCUT2D eigenvalue weighted by atomic mass is 35.5. The van der Waals surface area contributed by atoms with Gasteiger partial charge in [0.2, 0.25) is 0 Å². The molecule has 3 rings (SSSR count). The smallest absolute Gasteiger partial charge is 0.294 e. The molecule has 1 saturated heterocycles. The van der Waals surface area contributed by atoms with Crippen LogP contribution in [0.1, 0.15) is 0 Å². The van der Waals surface area contributed by atoms with Crippen molar-refractivity contribution in [3.05, 3.63) is 48.5 Å². The molecule has 2 aromatic carbocycles. The molecular weight excluding hydrogens is 378 g/mol. The number of benzene rings is 2. The van der Waals surface area contributed by atoms with E-state index < -0.39 is 10.1 Å². The van der Waals surface area contributed by atoms with Crippen LogP contribution in [-0.4, -0.2) is 57.3 Å². The van der Waals surface area contributed by atoms with Crippen molar-refractivity contribution in [2.75, 3.05) is 39.5 Å². The van der Waals surface area contributed by atoms with E-state index in [9.17, 15) is 8.42 Å². The molecule has 0 saturated carbocycles. The number of rotatable bonds is 6. The molecule has 0 amide bonds. The summed E-state index contributed by atoms with van der Waals surface area (Å²) < 4.78 is 42.2. The number of hydrogen-bond donors (Lipinski definition) is 1. The van der Waals surface area contributed by atoms with Crippen molar-refractivity contribution < 1.29 is 22.4 Å². The summed E-state index contributed by atoms with van der Waals surface area (Å²) in [7, 11) is -4.16. The van der Waals surface area contributed by atoms with Gasteiger partial charge in [-0.15, -0.1) is 12.4 Å². The Labute approximate surface area is 159 Å². The number of nitrogens with zero attached hydrogens (tertiary/aromatic N) is 1. The molecule has 1 N–H and O–H groups in total. The van der Waals surface area contributed by atoms with Crippen LogP contribution in [0.4, 0.5) is 0 Å². The zero-order chi connectivity index (χ0) is 17.7. The summed E-state index contributed by atoms with van der Waals surface area (Å²) in [6.45, 7) is 4.96. The van der Waals surface area contributed by atoms with Gasteiger partial charge in [0.05, 0.1) is 18.1 Å². The molecule has 0 bridgehead atoms. The van der Waals surface area contributed by atoms with Crippen LogP contribution in [0, 0.1) is 0 Å². The maximum absolute atomic E-state index is 11.1. The quantitative estimate of drug-likeness (QED) is 0.753. The largest absolute Gasteiger partial charge is 0.492 e. The lowest BCUT2D eigenvalue weighted by Gasteiger charge is -2.26. The van der Waals surface area contributed by atoms with Gasteiger partial charge >= 0.3 is 0 Å². The summed E-state index contributed by atoms with van der Waals surface area (Å²) in [6, 6.07) is 13.7. The molecule has 0 spiro atoms. The Kier molecular flexibility index (Phi) is 7.43. The molecule has 142 valence electrons. The molecule has 0 atom stereocenters. The standard InChI is InChI=1S/C18H21NO5S.ClH/c20-25(21,22)18-7-3-16(4-8-18)15-1-5-17(6-2-15)24-14-11-19-9-12-23-13-10-19;/h1-8H,9-14H2,(H,20,21,22);1H. The van der Waals surface area contributed by atoms with E-state index in [1.807, 2.05) is 24.3 Å². The fraction of sp³-hybridized carbons (Fsp3) is 0.333. The minimum Gasteiger partial charge on any atom is -0.492 e. The van der Waals surface area contributed by atoms with E-state index in [1.165, 1.54) is 12.1 Å². The first-order valence-corrected chi connectivity index (χ1v) is 9.57. The van der Waals surface area contributed by atoms with Gasteiger partial charge in [0.25, 0.3) is 10.1 Å². The summed E-state index contributed by atoms with van der Waals surface area (Å²) in [5.74, 6) is 0.798. The summed E-state index contributed by atoms with van der Waals surface area (Å²) in [6.07, 6.45) is 0. The third-order valence-electron chi connectivity index (χ3n) is 4.12. The average molecular weight is 400 g/mol. The van der Waals surface area contributed by atoms with E-state index in [2.05, 4.69) is 4.90 Å². The van der Waals surface area contributed by atoms with E-state index in [0.717, 1.165) is 49.7 Å². The molecule has 2 aromatic rings. The number of halogens is 1. The molecule has 6 nitrogen and oxygen atoms in total. The predicted octanol–water partition coefficient (Wildman–Crippen LogP) is 2.73. The summed E-state index contributed by atoms with van der Waals surface area (Å²) in [5, 5.41) is 0. The highest BCUT2D eigenvalue weighted by molar-refractivity contribution is 7.85. The molecule has 0 radical (unpaired) electrons. The number of hydrogen-bond acceptors (Lipinski definition) is 5. The van der Waals surface area contributed by atoms with Crippen LogP contribution in [0.15, 0.2) is 53.4 Å². The van der Waals surface area contributed by atoms with Gasteiger partial charge in [0, 0.05) is 19.6 Å². The zero-order valence-corrected chi connectivity index (χ0v) is 15.8. The minimum atomic E-state index is -4.16. The van der Waals surface area contributed by atoms with E-state index in [4.69, 9.17) is 14.0 Å². The lowest BCUT2D eigenvalue weighted by Crippen LogP contribution is -2.38. The second kappa shape index (κ2) is 9.34. The van der Waals surface area contributed by atoms with E-state index >= 15 is 0 Å². The summed E-state index contributed by atoms with van der Waals surface area (Å²) in [4.78, 5) is 2.20. The second-order valence-corrected chi connectivity index (χ2v) is 7.25. The van der Waals surface area contributed by atoms with Crippen molar-refractivity contribution in [1.29, 1.82) is 0 Å². The highest BCUT2D eigenvalue weighted by Gasteiger charge is 2.10. The van der Waals surface area contributed by atoms with Gasteiger partial charge in [0.1, 0.15) is 12.4 Å². The summed E-state index contributed by atoms with van der Waals surface area (Å²) in [5.41, 5.74) is 1.81. The number of morpholine rings is 1. The topological polar surface area (TPSA) is 76.1 Å². The maximum Gasteiger partial charge on any atom is 0.294 e. The molecule has 26 heavy (non-hydrogen) atoms. The zero-order valence-electron chi connectivity index (χ0n) is 14.2. The van der Waals surface area contributed by atoms with Gasteiger partial charge in [0.15, 0.2) is 0 Å².